The van der Waals surface area contributed by atoms with Gasteiger partial charge in [-0.05, 0) is 103 Å². The minimum absolute atomic E-state index is 0.00975. The third kappa shape index (κ3) is 19.2. The van der Waals surface area contributed by atoms with Crippen LogP contribution in [-0.4, -0.2) is 124 Å². The molecule has 0 unspecified atom stereocenters. The molecule has 0 spiro atoms. The van der Waals surface area contributed by atoms with Gasteiger partial charge in [0.05, 0.1) is 13.7 Å². The molecular formula is C52H64N8O14. The number of primary amides is 1. The molecule has 0 bridgehead atoms. The molecule has 0 aliphatic rings. The van der Waals surface area contributed by atoms with Crippen molar-refractivity contribution < 1.29 is 68.0 Å². The standard InChI is InChI=1S/C52H64N8O14/c1-29(2)25-41(51(72)58-40(20-12-31-10-16-36(61)17-11-31)50(71)57-38(46(53)67)21-23-44(63)64)59-52(73)42(27-32-9-13-33-7-5-6-8-35(33)26-32)60-49(70)39(22-24-45(65)66)56-43(62)28-54-47(68)30(3)55-48(69)34-14-18-37(74-4)19-15-34/h5-11,13-19,26,29-30,38-42,61H,12,20-25,27-28H2,1-4H3,(H2,53,67)(H,54,68)(H,55,69)(H,56,62)(H,57,71)(H,58,72)(H,59,73)(H,60,70)(H,63,64)(H,65,66)/t30-,38-,39-,40-,41-,42-/m0/s1. The van der Waals surface area contributed by atoms with Crippen LogP contribution in [0.3, 0.4) is 0 Å². The fourth-order valence-electron chi connectivity index (χ4n) is 7.59. The molecule has 4 aromatic carbocycles. The van der Waals surface area contributed by atoms with E-state index in [0.717, 1.165) is 10.8 Å². The summed E-state index contributed by atoms with van der Waals surface area (Å²) in [7, 11) is 1.46. The van der Waals surface area contributed by atoms with Gasteiger partial charge in [0, 0.05) is 24.8 Å². The average molecular weight is 1030 g/mol. The molecule has 12 N–H and O–H groups in total. The number of amides is 8. The Balaban J connectivity index is 1.57. The highest BCUT2D eigenvalue weighted by molar-refractivity contribution is 5.99. The van der Waals surface area contributed by atoms with Gasteiger partial charge in [0.1, 0.15) is 47.8 Å². The van der Waals surface area contributed by atoms with Gasteiger partial charge in [-0.3, -0.25) is 47.9 Å². The van der Waals surface area contributed by atoms with Crippen LogP contribution in [0, 0.1) is 5.92 Å². The third-order valence-corrected chi connectivity index (χ3v) is 11.6. The Kier molecular flexibility index (Phi) is 22.3. The van der Waals surface area contributed by atoms with Gasteiger partial charge in [-0.25, -0.2) is 0 Å². The van der Waals surface area contributed by atoms with Crippen LogP contribution in [0.15, 0.2) is 91.0 Å². The minimum Gasteiger partial charge on any atom is -0.508 e. The zero-order valence-electron chi connectivity index (χ0n) is 41.5. The number of carbonyl (C=O) groups is 10. The molecule has 0 aliphatic heterocycles. The van der Waals surface area contributed by atoms with E-state index in [4.69, 9.17) is 10.5 Å². The molecule has 0 saturated heterocycles. The summed E-state index contributed by atoms with van der Waals surface area (Å²) < 4.78 is 5.09. The van der Waals surface area contributed by atoms with Crippen molar-refractivity contribution in [3.05, 3.63) is 108 Å². The number of phenols is 1. The van der Waals surface area contributed by atoms with Crippen molar-refractivity contribution in [1.82, 2.24) is 37.2 Å². The largest absolute Gasteiger partial charge is 0.508 e. The molecule has 22 heteroatoms. The predicted molar refractivity (Wildman–Crippen MR) is 269 cm³/mol. The molecule has 22 nitrogen and oxygen atoms in total. The lowest BCUT2D eigenvalue weighted by atomic mass is 9.98. The summed E-state index contributed by atoms with van der Waals surface area (Å²) in [5.41, 5.74) is 6.95. The maximum atomic E-state index is 14.5. The zero-order valence-corrected chi connectivity index (χ0v) is 41.5. The monoisotopic (exact) mass is 1020 g/mol. The Bertz CT molecular complexity index is 2640. The normalized spacial score (nSPS) is 13.4. The topological polar surface area (TPSA) is 351 Å². The average Bonchev–Trinajstić information content (AvgIpc) is 3.36. The Morgan fingerprint density at radius 1 is 0.568 bits per heavy atom. The fourth-order valence-corrected chi connectivity index (χ4v) is 7.59. The van der Waals surface area contributed by atoms with Gasteiger partial charge >= 0.3 is 11.9 Å². The summed E-state index contributed by atoms with van der Waals surface area (Å²) >= 11 is 0. The first-order chi connectivity index (χ1) is 35.1. The number of nitrogens with two attached hydrogens (primary N) is 1. The number of rotatable bonds is 29. The van der Waals surface area contributed by atoms with Crippen molar-refractivity contribution in [2.24, 2.45) is 11.7 Å². The number of nitrogens with one attached hydrogen (secondary N) is 7. The second kappa shape index (κ2) is 28.5. The van der Waals surface area contributed by atoms with E-state index in [1.165, 1.54) is 38.3 Å². The van der Waals surface area contributed by atoms with Gasteiger partial charge in [-0.1, -0.05) is 68.4 Å². The number of aliphatic carboxylic acids is 2. The van der Waals surface area contributed by atoms with E-state index < -0.39 is 121 Å². The highest BCUT2D eigenvalue weighted by Gasteiger charge is 2.33. The maximum Gasteiger partial charge on any atom is 0.303 e. The van der Waals surface area contributed by atoms with Crippen molar-refractivity contribution in [2.45, 2.75) is 108 Å². The summed E-state index contributed by atoms with van der Waals surface area (Å²) in [6, 6.07) is 16.6. The van der Waals surface area contributed by atoms with E-state index in [2.05, 4.69) is 37.2 Å². The van der Waals surface area contributed by atoms with E-state index in [1.54, 1.807) is 56.3 Å². The number of ether oxygens (including phenoxy) is 1. The lowest BCUT2D eigenvalue weighted by Crippen LogP contribution is -2.60. The summed E-state index contributed by atoms with van der Waals surface area (Å²) in [6.07, 6.45) is -1.94. The SMILES string of the molecule is COc1ccc(C(=O)N[C@@H](C)C(=O)NCC(=O)N[C@@H](CCC(=O)O)C(=O)N[C@@H](Cc2ccc3ccccc3c2)C(=O)N[C@@H](CC(C)C)C(=O)N[C@@H](CCc2ccc(O)cc2)C(=O)N[C@@H](CCC(=O)O)C(N)=O)cc1. The summed E-state index contributed by atoms with van der Waals surface area (Å²) in [6.45, 7) is 4.24. The zero-order chi connectivity index (χ0) is 54.5. The van der Waals surface area contributed by atoms with Crippen LogP contribution in [0.2, 0.25) is 0 Å². The highest BCUT2D eigenvalue weighted by Crippen LogP contribution is 2.19. The fraction of sp³-hybridized carbons (Fsp3) is 0.385. The van der Waals surface area contributed by atoms with E-state index in [1.807, 2.05) is 24.3 Å². The number of hydrogen-bond donors (Lipinski definition) is 11. The number of aromatic hydroxyl groups is 1. The van der Waals surface area contributed by atoms with E-state index >= 15 is 0 Å². The lowest BCUT2D eigenvalue weighted by molar-refractivity contribution is -0.139. The first-order valence-corrected chi connectivity index (χ1v) is 23.8. The predicted octanol–water partition coefficient (Wildman–Crippen LogP) is 1.35. The number of methoxy groups -OCH3 is 1. The summed E-state index contributed by atoms with van der Waals surface area (Å²) in [4.78, 5) is 131. The number of carbonyl (C=O) groups excluding carboxylic acids is 8. The molecule has 0 aliphatic carbocycles. The second-order valence-electron chi connectivity index (χ2n) is 18.0. The van der Waals surface area contributed by atoms with E-state index in [-0.39, 0.29) is 49.3 Å². The lowest BCUT2D eigenvalue weighted by Gasteiger charge is -2.28. The van der Waals surface area contributed by atoms with Crippen LogP contribution >= 0.6 is 0 Å². The number of carboxylic acid groups (broad SMARTS) is 2. The number of benzene rings is 4. The molecule has 0 saturated carbocycles. The number of aryl methyl sites for hydroxylation is 1. The molecule has 6 atom stereocenters. The molecule has 396 valence electrons. The number of phenolic OH excluding ortho intramolecular Hbond substituents is 1. The highest BCUT2D eigenvalue weighted by atomic mass is 16.5. The van der Waals surface area contributed by atoms with Gasteiger partial charge in [-0.2, -0.15) is 0 Å². The quantitative estimate of drug-likeness (QED) is 0.0366. The van der Waals surface area contributed by atoms with Crippen molar-refractivity contribution in [3.8, 4) is 11.5 Å². The van der Waals surface area contributed by atoms with Crippen molar-refractivity contribution in [3.63, 3.8) is 0 Å². The van der Waals surface area contributed by atoms with Gasteiger partial charge in [-0.15, -0.1) is 0 Å². The van der Waals surface area contributed by atoms with Gasteiger partial charge in [0.25, 0.3) is 5.91 Å². The van der Waals surface area contributed by atoms with Crippen molar-refractivity contribution in [2.75, 3.05) is 13.7 Å². The number of carboxylic acids is 2. The maximum absolute atomic E-state index is 14.5. The molecule has 8 amide bonds. The van der Waals surface area contributed by atoms with Gasteiger partial charge in [0.15, 0.2) is 0 Å². The van der Waals surface area contributed by atoms with E-state index in [0.29, 0.717) is 16.9 Å². The van der Waals surface area contributed by atoms with Crippen LogP contribution in [0.4, 0.5) is 0 Å². The smallest absolute Gasteiger partial charge is 0.303 e. The van der Waals surface area contributed by atoms with E-state index in [9.17, 15) is 63.3 Å². The minimum atomic E-state index is -1.56. The Morgan fingerprint density at radius 2 is 1.09 bits per heavy atom. The number of hydrogen-bond acceptors (Lipinski definition) is 12. The number of fused-ring (bicyclic) bond motifs is 1. The van der Waals surface area contributed by atoms with Crippen LogP contribution in [0.5, 0.6) is 11.5 Å². The van der Waals surface area contributed by atoms with Crippen LogP contribution in [-0.2, 0) is 56.0 Å². The molecule has 0 heterocycles. The Morgan fingerprint density at radius 3 is 1.69 bits per heavy atom. The molecular weight excluding hydrogens is 961 g/mol. The second-order valence-corrected chi connectivity index (χ2v) is 18.0. The molecule has 0 fully saturated rings. The molecule has 4 rings (SSSR count). The van der Waals surface area contributed by atoms with Crippen molar-refractivity contribution in [1.29, 1.82) is 0 Å². The summed E-state index contributed by atoms with van der Waals surface area (Å²) in [5.74, 6) is -9.10. The molecule has 0 radical (unpaired) electrons. The Hall–Kier alpha value is -8.56. The van der Waals surface area contributed by atoms with Crippen LogP contribution in [0.1, 0.15) is 80.8 Å². The molecule has 0 aromatic heterocycles. The van der Waals surface area contributed by atoms with Crippen molar-refractivity contribution >= 4 is 70.0 Å². The molecule has 74 heavy (non-hydrogen) atoms. The first kappa shape index (κ1) is 58.0. The third-order valence-electron chi connectivity index (χ3n) is 11.6. The first-order valence-electron chi connectivity index (χ1n) is 23.8. The summed E-state index contributed by atoms with van der Waals surface area (Å²) in [5, 5.41) is 47.9. The Labute approximate surface area is 426 Å². The van der Waals surface area contributed by atoms with Gasteiger partial charge < -0.3 is 63.0 Å². The van der Waals surface area contributed by atoms with Crippen LogP contribution in [0.25, 0.3) is 10.8 Å². The molecule has 4 aromatic rings. The van der Waals surface area contributed by atoms with Crippen LogP contribution < -0.4 is 47.7 Å². The van der Waals surface area contributed by atoms with Gasteiger partial charge in [0.2, 0.25) is 41.4 Å².